The number of aryl methyl sites for hydroxylation is 1. The summed E-state index contributed by atoms with van der Waals surface area (Å²) in [6.45, 7) is 4.96. The van der Waals surface area contributed by atoms with E-state index in [1.807, 2.05) is 73.0 Å². The van der Waals surface area contributed by atoms with Gasteiger partial charge >= 0.3 is 0 Å². The monoisotopic (exact) mass is 391 g/mol. The van der Waals surface area contributed by atoms with Crippen LogP contribution in [-0.4, -0.2) is 27.8 Å². The van der Waals surface area contributed by atoms with E-state index in [0.29, 0.717) is 18.5 Å². The molecule has 5 nitrogen and oxygen atoms in total. The van der Waals surface area contributed by atoms with Crippen LogP contribution in [0.4, 0.5) is 0 Å². The molecule has 1 amide bonds. The van der Waals surface area contributed by atoms with E-state index in [2.05, 4.69) is 5.32 Å². The number of imidazole rings is 1. The van der Waals surface area contributed by atoms with Crippen molar-refractivity contribution in [3.8, 4) is 0 Å². The zero-order chi connectivity index (χ0) is 20.6. The number of benzene rings is 2. The number of carbonyl (C=O) groups excluding carboxylic acids is 2. The maximum atomic E-state index is 12.8. The van der Waals surface area contributed by atoms with Gasteiger partial charge in [-0.15, -0.1) is 0 Å². The molecule has 5 heteroatoms. The summed E-state index contributed by atoms with van der Waals surface area (Å²) in [5, 5.41) is 3.03. The molecule has 1 aromatic heterocycles. The zero-order valence-electron chi connectivity index (χ0n) is 17.2. The number of hydrogen-bond donors (Lipinski definition) is 1. The normalized spacial score (nSPS) is 11.1. The van der Waals surface area contributed by atoms with E-state index in [-0.39, 0.29) is 24.2 Å². The number of para-hydroxylation sites is 2. The first-order valence-electron chi connectivity index (χ1n) is 10.4. The molecule has 1 heterocycles. The molecule has 3 rings (SSSR count). The van der Waals surface area contributed by atoms with Gasteiger partial charge in [-0.25, -0.2) is 4.98 Å². The molecule has 0 fully saturated rings. The second-order valence-electron chi connectivity index (χ2n) is 7.30. The summed E-state index contributed by atoms with van der Waals surface area (Å²) in [7, 11) is 0. The number of carbonyl (C=O) groups is 2. The van der Waals surface area contributed by atoms with Crippen LogP contribution in [0.1, 0.15) is 49.3 Å². The molecule has 0 saturated carbocycles. The van der Waals surface area contributed by atoms with Crippen molar-refractivity contribution < 1.29 is 9.59 Å². The van der Waals surface area contributed by atoms with Crippen LogP contribution in [-0.2, 0) is 17.8 Å². The van der Waals surface area contributed by atoms with Crippen molar-refractivity contribution in [3.63, 3.8) is 0 Å². The van der Waals surface area contributed by atoms with Gasteiger partial charge in [0, 0.05) is 24.4 Å². The van der Waals surface area contributed by atoms with Crippen LogP contribution in [0.25, 0.3) is 11.0 Å². The minimum atomic E-state index is 0.0667. The van der Waals surface area contributed by atoms with Gasteiger partial charge in [-0.05, 0) is 31.4 Å². The van der Waals surface area contributed by atoms with E-state index in [1.165, 1.54) is 0 Å². The SMILES string of the molecule is CCC(CC)C(=O)NCCCc1nc2ccccc2n1CC(=O)c1ccccc1. The minimum absolute atomic E-state index is 0.0667. The average Bonchev–Trinajstić information content (AvgIpc) is 3.10. The summed E-state index contributed by atoms with van der Waals surface area (Å²) in [5.41, 5.74) is 2.56. The maximum Gasteiger partial charge on any atom is 0.223 e. The van der Waals surface area contributed by atoms with Crippen molar-refractivity contribution in [2.75, 3.05) is 6.54 Å². The first kappa shape index (κ1) is 20.8. The van der Waals surface area contributed by atoms with E-state index >= 15 is 0 Å². The van der Waals surface area contributed by atoms with Crippen molar-refractivity contribution in [2.24, 2.45) is 5.92 Å². The number of aromatic nitrogens is 2. The van der Waals surface area contributed by atoms with Gasteiger partial charge in [-0.3, -0.25) is 9.59 Å². The molecule has 0 atom stereocenters. The number of fused-ring (bicyclic) bond motifs is 1. The Morgan fingerprint density at radius 3 is 2.41 bits per heavy atom. The van der Waals surface area contributed by atoms with Gasteiger partial charge in [-0.2, -0.15) is 0 Å². The molecule has 0 saturated heterocycles. The molecule has 29 heavy (non-hydrogen) atoms. The summed E-state index contributed by atoms with van der Waals surface area (Å²) in [5.74, 6) is 1.16. The molecular weight excluding hydrogens is 362 g/mol. The van der Waals surface area contributed by atoms with Gasteiger partial charge in [0.25, 0.3) is 0 Å². The topological polar surface area (TPSA) is 64.0 Å². The lowest BCUT2D eigenvalue weighted by Crippen LogP contribution is -2.31. The highest BCUT2D eigenvalue weighted by Crippen LogP contribution is 2.18. The fraction of sp³-hybridized carbons (Fsp3) is 0.375. The molecule has 0 aliphatic rings. The van der Waals surface area contributed by atoms with Crippen molar-refractivity contribution in [1.29, 1.82) is 0 Å². The standard InChI is InChI=1S/C24H29N3O2/c1-3-18(4-2)24(29)25-16-10-15-23-26-20-13-8-9-14-21(20)27(23)17-22(28)19-11-6-5-7-12-19/h5-9,11-14,18H,3-4,10,15-17H2,1-2H3,(H,25,29). The summed E-state index contributed by atoms with van der Waals surface area (Å²) >= 11 is 0. The summed E-state index contributed by atoms with van der Waals surface area (Å²) in [4.78, 5) is 29.7. The lowest BCUT2D eigenvalue weighted by atomic mass is 10.0. The number of amides is 1. The smallest absolute Gasteiger partial charge is 0.223 e. The molecule has 0 aliphatic carbocycles. The summed E-state index contributed by atoms with van der Waals surface area (Å²) in [6.07, 6.45) is 3.22. The molecule has 0 bridgehead atoms. The molecule has 0 spiro atoms. The van der Waals surface area contributed by atoms with Gasteiger partial charge in [0.2, 0.25) is 5.91 Å². The highest BCUT2D eigenvalue weighted by Gasteiger charge is 2.16. The Labute approximate surface area is 172 Å². The molecule has 0 unspecified atom stereocenters. The number of nitrogens with zero attached hydrogens (tertiary/aromatic N) is 2. The Morgan fingerprint density at radius 2 is 1.69 bits per heavy atom. The minimum Gasteiger partial charge on any atom is -0.356 e. The third-order valence-corrected chi connectivity index (χ3v) is 5.36. The first-order chi connectivity index (χ1) is 14.1. The Morgan fingerprint density at radius 1 is 1.00 bits per heavy atom. The predicted octanol–water partition coefficient (Wildman–Crippen LogP) is 4.40. The lowest BCUT2D eigenvalue weighted by Gasteiger charge is -2.13. The van der Waals surface area contributed by atoms with E-state index in [1.54, 1.807) is 0 Å². The molecule has 152 valence electrons. The molecule has 0 radical (unpaired) electrons. The number of Topliss-reactive ketones (excluding diaryl/α,β-unsaturated/α-hetero) is 1. The largest absolute Gasteiger partial charge is 0.356 e. The van der Waals surface area contributed by atoms with Gasteiger partial charge in [0.1, 0.15) is 5.82 Å². The van der Waals surface area contributed by atoms with Crippen LogP contribution in [0, 0.1) is 5.92 Å². The Kier molecular flexibility index (Phi) is 7.17. The van der Waals surface area contributed by atoms with Crippen molar-refractivity contribution >= 4 is 22.7 Å². The number of rotatable bonds is 10. The van der Waals surface area contributed by atoms with E-state index in [0.717, 1.165) is 36.1 Å². The second-order valence-corrected chi connectivity index (χ2v) is 7.30. The van der Waals surface area contributed by atoms with Crippen LogP contribution in [0.2, 0.25) is 0 Å². The van der Waals surface area contributed by atoms with Gasteiger partial charge in [0.15, 0.2) is 5.78 Å². The van der Waals surface area contributed by atoms with Crippen molar-refractivity contribution in [1.82, 2.24) is 14.9 Å². The predicted molar refractivity (Wildman–Crippen MR) is 116 cm³/mol. The number of ketones is 1. The fourth-order valence-electron chi connectivity index (χ4n) is 3.61. The van der Waals surface area contributed by atoms with Crippen LogP contribution in [0.3, 0.4) is 0 Å². The van der Waals surface area contributed by atoms with Crippen molar-refractivity contribution in [2.45, 2.75) is 46.1 Å². The van der Waals surface area contributed by atoms with Crippen LogP contribution >= 0.6 is 0 Å². The lowest BCUT2D eigenvalue weighted by molar-refractivity contribution is -0.125. The van der Waals surface area contributed by atoms with Gasteiger partial charge < -0.3 is 9.88 Å². The Bertz CT molecular complexity index is 959. The highest BCUT2D eigenvalue weighted by atomic mass is 16.1. The fourth-order valence-corrected chi connectivity index (χ4v) is 3.61. The summed E-state index contributed by atoms with van der Waals surface area (Å²) < 4.78 is 2.01. The molecule has 1 N–H and O–H groups in total. The van der Waals surface area contributed by atoms with Crippen LogP contribution < -0.4 is 5.32 Å². The quantitative estimate of drug-likeness (QED) is 0.411. The Hall–Kier alpha value is -2.95. The first-order valence-corrected chi connectivity index (χ1v) is 10.4. The summed E-state index contributed by atoms with van der Waals surface area (Å²) in [6, 6.07) is 17.2. The molecule has 0 aliphatic heterocycles. The van der Waals surface area contributed by atoms with E-state index < -0.39 is 0 Å². The Balaban J connectivity index is 1.70. The second kappa shape index (κ2) is 10.0. The zero-order valence-corrected chi connectivity index (χ0v) is 17.2. The average molecular weight is 392 g/mol. The third-order valence-electron chi connectivity index (χ3n) is 5.36. The van der Waals surface area contributed by atoms with Crippen LogP contribution in [0.15, 0.2) is 54.6 Å². The number of nitrogens with one attached hydrogen (secondary N) is 1. The van der Waals surface area contributed by atoms with Crippen LogP contribution in [0.5, 0.6) is 0 Å². The molecule has 3 aromatic rings. The third kappa shape index (κ3) is 5.11. The van der Waals surface area contributed by atoms with E-state index in [4.69, 9.17) is 4.98 Å². The maximum absolute atomic E-state index is 12.8. The van der Waals surface area contributed by atoms with Gasteiger partial charge in [0.05, 0.1) is 17.6 Å². The molecule has 2 aromatic carbocycles. The molecular formula is C24H29N3O2. The highest BCUT2D eigenvalue weighted by molar-refractivity contribution is 5.96. The van der Waals surface area contributed by atoms with Crippen molar-refractivity contribution in [3.05, 3.63) is 66.0 Å². The number of hydrogen-bond acceptors (Lipinski definition) is 3. The van der Waals surface area contributed by atoms with Gasteiger partial charge in [-0.1, -0.05) is 56.3 Å². The van der Waals surface area contributed by atoms with E-state index in [9.17, 15) is 9.59 Å².